The van der Waals surface area contributed by atoms with Crippen LogP contribution in [0.1, 0.15) is 36.8 Å². The Bertz CT molecular complexity index is 540. The first-order chi connectivity index (χ1) is 9.64. The molecule has 0 atom stereocenters. The second-order valence-corrected chi connectivity index (χ2v) is 6.34. The van der Waals surface area contributed by atoms with Crippen LogP contribution < -0.4 is 0 Å². The van der Waals surface area contributed by atoms with Gasteiger partial charge in [-0.25, -0.2) is 14.6 Å². The van der Waals surface area contributed by atoms with Crippen molar-refractivity contribution >= 4 is 28.0 Å². The number of carbonyl (C=O) groups is 2. The number of nitrogens with zero attached hydrogens (tertiary/aromatic N) is 2. The van der Waals surface area contributed by atoms with Crippen molar-refractivity contribution in [2.45, 2.75) is 32.9 Å². The van der Waals surface area contributed by atoms with Crippen molar-refractivity contribution in [3.05, 3.63) is 28.0 Å². The van der Waals surface area contributed by atoms with Crippen molar-refractivity contribution in [3.63, 3.8) is 0 Å². The zero-order chi connectivity index (χ0) is 16.2. The van der Waals surface area contributed by atoms with E-state index >= 15 is 0 Å². The highest BCUT2D eigenvalue weighted by molar-refractivity contribution is 9.10. The number of halogens is 1. The van der Waals surface area contributed by atoms with Gasteiger partial charge >= 0.3 is 12.1 Å². The van der Waals surface area contributed by atoms with Gasteiger partial charge in [0.15, 0.2) is 0 Å². The number of esters is 1. The largest absolute Gasteiger partial charge is 0.464 e. The van der Waals surface area contributed by atoms with Gasteiger partial charge in [0.2, 0.25) is 0 Å². The molecule has 21 heavy (non-hydrogen) atoms. The first kappa shape index (κ1) is 17.4. The maximum Gasteiger partial charge on any atom is 0.410 e. The highest BCUT2D eigenvalue weighted by Crippen LogP contribution is 2.19. The minimum atomic E-state index is -0.558. The second kappa shape index (κ2) is 6.89. The first-order valence-electron chi connectivity index (χ1n) is 6.31. The van der Waals surface area contributed by atoms with E-state index in [4.69, 9.17) is 4.74 Å². The van der Waals surface area contributed by atoms with Gasteiger partial charge < -0.3 is 14.4 Å². The summed E-state index contributed by atoms with van der Waals surface area (Å²) in [5, 5.41) is 0. The van der Waals surface area contributed by atoms with E-state index in [0.29, 0.717) is 4.47 Å². The van der Waals surface area contributed by atoms with Crippen LogP contribution >= 0.6 is 15.9 Å². The number of pyridine rings is 1. The molecule has 1 rings (SSSR count). The number of ether oxygens (including phenoxy) is 2. The number of rotatable bonds is 3. The fourth-order valence-corrected chi connectivity index (χ4v) is 1.82. The van der Waals surface area contributed by atoms with Crippen molar-refractivity contribution in [1.29, 1.82) is 0 Å². The van der Waals surface area contributed by atoms with Gasteiger partial charge in [-0.1, -0.05) is 0 Å². The zero-order valence-electron chi connectivity index (χ0n) is 12.8. The lowest BCUT2D eigenvalue weighted by Gasteiger charge is -2.25. The van der Waals surface area contributed by atoms with Gasteiger partial charge in [0.1, 0.15) is 11.3 Å². The van der Waals surface area contributed by atoms with E-state index in [1.54, 1.807) is 33.9 Å². The van der Waals surface area contributed by atoms with E-state index in [1.807, 2.05) is 0 Å². The average Bonchev–Trinajstić information content (AvgIpc) is 2.38. The molecule has 0 aliphatic rings. The third-order valence-electron chi connectivity index (χ3n) is 2.44. The van der Waals surface area contributed by atoms with E-state index in [9.17, 15) is 9.59 Å². The fraction of sp³-hybridized carbons (Fsp3) is 0.500. The summed E-state index contributed by atoms with van der Waals surface area (Å²) in [6, 6.07) is 1.58. The van der Waals surface area contributed by atoms with Gasteiger partial charge in [-0.05, 0) is 48.3 Å². The minimum Gasteiger partial charge on any atom is -0.464 e. The van der Waals surface area contributed by atoms with Crippen LogP contribution in [0.5, 0.6) is 0 Å². The Morgan fingerprint density at radius 3 is 2.52 bits per heavy atom. The molecule has 0 aromatic carbocycles. The van der Waals surface area contributed by atoms with Crippen molar-refractivity contribution < 1.29 is 19.1 Å². The summed E-state index contributed by atoms with van der Waals surface area (Å²) in [5.41, 5.74) is 0.366. The fourth-order valence-electron chi connectivity index (χ4n) is 1.48. The Kier molecular flexibility index (Phi) is 5.71. The number of aromatic nitrogens is 1. The molecule has 0 aliphatic heterocycles. The Morgan fingerprint density at radius 2 is 2.00 bits per heavy atom. The van der Waals surface area contributed by atoms with Crippen molar-refractivity contribution in [3.8, 4) is 0 Å². The second-order valence-electron chi connectivity index (χ2n) is 5.49. The number of hydrogen-bond acceptors (Lipinski definition) is 5. The van der Waals surface area contributed by atoms with Crippen LogP contribution in [-0.4, -0.2) is 41.7 Å². The lowest BCUT2D eigenvalue weighted by molar-refractivity contribution is 0.0284. The summed E-state index contributed by atoms with van der Waals surface area (Å²) >= 11 is 3.35. The summed E-state index contributed by atoms with van der Waals surface area (Å²) in [7, 11) is 2.91. The maximum absolute atomic E-state index is 11.9. The van der Waals surface area contributed by atoms with Gasteiger partial charge in [-0.3, -0.25) is 0 Å². The number of carbonyl (C=O) groups excluding carboxylic acids is 2. The first-order valence-corrected chi connectivity index (χ1v) is 7.10. The SMILES string of the molecule is COC(=O)c1cc(CN(C)C(=O)OC(C)(C)C)c(Br)cn1. The molecule has 0 bridgehead atoms. The van der Waals surface area contributed by atoms with E-state index in [-0.39, 0.29) is 12.2 Å². The van der Waals surface area contributed by atoms with E-state index in [2.05, 4.69) is 25.7 Å². The zero-order valence-corrected chi connectivity index (χ0v) is 14.4. The summed E-state index contributed by atoms with van der Waals surface area (Å²) in [6.45, 7) is 5.69. The van der Waals surface area contributed by atoms with Gasteiger partial charge in [0, 0.05) is 24.3 Å². The molecule has 116 valence electrons. The molecule has 1 heterocycles. The summed E-state index contributed by atoms with van der Waals surface area (Å²) in [6.07, 6.45) is 1.07. The Morgan fingerprint density at radius 1 is 1.38 bits per heavy atom. The highest BCUT2D eigenvalue weighted by atomic mass is 79.9. The molecular formula is C14H19BrN2O4. The molecule has 0 saturated heterocycles. The molecule has 0 spiro atoms. The quantitative estimate of drug-likeness (QED) is 0.776. The molecule has 1 aromatic rings. The monoisotopic (exact) mass is 358 g/mol. The topological polar surface area (TPSA) is 68.7 Å². The predicted molar refractivity (Wildman–Crippen MR) is 81.0 cm³/mol. The van der Waals surface area contributed by atoms with Gasteiger partial charge in [-0.2, -0.15) is 0 Å². The number of hydrogen-bond donors (Lipinski definition) is 0. The summed E-state index contributed by atoms with van der Waals surface area (Å²) in [5.74, 6) is -0.524. The third-order valence-corrected chi connectivity index (χ3v) is 3.16. The Balaban J connectivity index is 2.87. The Labute approximate surface area is 132 Å². The van der Waals surface area contributed by atoms with Crippen LogP contribution in [-0.2, 0) is 16.0 Å². The van der Waals surface area contributed by atoms with Crippen LogP contribution in [0.2, 0.25) is 0 Å². The summed E-state index contributed by atoms with van der Waals surface area (Å²) < 4.78 is 10.6. The molecular weight excluding hydrogens is 340 g/mol. The molecule has 0 radical (unpaired) electrons. The molecule has 0 fully saturated rings. The van der Waals surface area contributed by atoms with Crippen molar-refractivity contribution in [1.82, 2.24) is 9.88 Å². The van der Waals surface area contributed by atoms with Gasteiger partial charge in [0.25, 0.3) is 0 Å². The van der Waals surface area contributed by atoms with Crippen LogP contribution in [0.3, 0.4) is 0 Å². The van der Waals surface area contributed by atoms with Crippen LogP contribution in [0.25, 0.3) is 0 Å². The molecule has 0 saturated carbocycles. The van der Waals surface area contributed by atoms with Gasteiger partial charge in [-0.15, -0.1) is 0 Å². The van der Waals surface area contributed by atoms with Crippen LogP contribution in [0.15, 0.2) is 16.7 Å². The smallest absolute Gasteiger partial charge is 0.410 e. The standard InChI is InChI=1S/C14H19BrN2O4/c1-14(2,3)21-13(19)17(4)8-9-6-11(12(18)20-5)16-7-10(9)15/h6-7H,8H2,1-5H3. The normalized spacial score (nSPS) is 11.0. The molecule has 7 heteroatoms. The molecule has 6 nitrogen and oxygen atoms in total. The van der Waals surface area contributed by atoms with E-state index in [1.165, 1.54) is 18.2 Å². The average molecular weight is 359 g/mol. The third kappa shape index (κ3) is 5.34. The minimum absolute atomic E-state index is 0.188. The lowest BCUT2D eigenvalue weighted by atomic mass is 10.2. The number of amides is 1. The molecule has 0 aliphatic carbocycles. The maximum atomic E-state index is 11.9. The van der Waals surface area contributed by atoms with E-state index < -0.39 is 17.7 Å². The number of methoxy groups -OCH3 is 1. The van der Waals surface area contributed by atoms with Crippen molar-refractivity contribution in [2.24, 2.45) is 0 Å². The lowest BCUT2D eigenvalue weighted by Crippen LogP contribution is -2.34. The Hall–Kier alpha value is -1.63. The van der Waals surface area contributed by atoms with Crippen LogP contribution in [0, 0.1) is 0 Å². The molecule has 0 N–H and O–H groups in total. The molecule has 1 aromatic heterocycles. The predicted octanol–water partition coefficient (Wildman–Crippen LogP) is 3.00. The molecule has 0 unspecified atom stereocenters. The molecule has 1 amide bonds. The van der Waals surface area contributed by atoms with E-state index in [0.717, 1.165) is 5.56 Å². The van der Waals surface area contributed by atoms with Crippen molar-refractivity contribution in [2.75, 3.05) is 14.2 Å². The van der Waals surface area contributed by atoms with Gasteiger partial charge in [0.05, 0.1) is 7.11 Å². The van der Waals surface area contributed by atoms with Crippen LogP contribution in [0.4, 0.5) is 4.79 Å². The highest BCUT2D eigenvalue weighted by Gasteiger charge is 2.20. The summed E-state index contributed by atoms with van der Waals surface area (Å²) in [4.78, 5) is 28.8.